The number of hydrogen-bond acceptors (Lipinski definition) is 3. The summed E-state index contributed by atoms with van der Waals surface area (Å²) in [5, 5.41) is 0. The van der Waals surface area contributed by atoms with Gasteiger partial charge in [0.25, 0.3) is 0 Å². The maximum atomic E-state index is 5.82. The largest absolute Gasteiger partial charge is 0.496 e. The highest BCUT2D eigenvalue weighted by Crippen LogP contribution is 2.35. The van der Waals surface area contributed by atoms with Gasteiger partial charge in [-0.3, -0.25) is 0 Å². The van der Waals surface area contributed by atoms with E-state index in [0.29, 0.717) is 5.95 Å². The number of halogens is 1. The maximum absolute atomic E-state index is 5.82. The molecule has 0 aliphatic carbocycles. The van der Waals surface area contributed by atoms with Crippen LogP contribution in [0.4, 0.5) is 5.95 Å². The van der Waals surface area contributed by atoms with Gasteiger partial charge >= 0.3 is 0 Å². The minimum Gasteiger partial charge on any atom is -0.496 e. The molecule has 2 rings (SSSR count). The van der Waals surface area contributed by atoms with Gasteiger partial charge in [0.1, 0.15) is 10.4 Å². The quantitative estimate of drug-likeness (QED) is 0.927. The summed E-state index contributed by atoms with van der Waals surface area (Å²) in [5.74, 6) is 1.38. The molecule has 1 heterocycles. The lowest BCUT2D eigenvalue weighted by Crippen LogP contribution is -2.00. The van der Waals surface area contributed by atoms with Gasteiger partial charge in [-0.05, 0) is 53.0 Å². The van der Waals surface area contributed by atoms with E-state index in [2.05, 4.69) is 27.8 Å². The van der Waals surface area contributed by atoms with Crippen molar-refractivity contribution < 1.29 is 4.74 Å². The monoisotopic (exact) mass is 309 g/mol. The van der Waals surface area contributed by atoms with Crippen LogP contribution in [-0.4, -0.2) is 16.7 Å². The van der Waals surface area contributed by atoms with E-state index < -0.39 is 0 Å². The van der Waals surface area contributed by atoms with Crippen molar-refractivity contribution in [1.82, 2.24) is 9.55 Å². The predicted octanol–water partition coefficient (Wildman–Crippen LogP) is 3.06. The number of imidazole rings is 1. The zero-order valence-electron chi connectivity index (χ0n) is 10.9. The second-order valence-corrected chi connectivity index (χ2v) is 4.98. The molecule has 0 aliphatic rings. The SMILES string of the molecule is COc1ccc(-c2c(Br)nc(N)n2C)c(C)c1C. The van der Waals surface area contributed by atoms with Crippen LogP contribution in [0.2, 0.25) is 0 Å². The lowest BCUT2D eigenvalue weighted by atomic mass is 10.0. The fraction of sp³-hybridized carbons (Fsp3) is 0.308. The van der Waals surface area contributed by atoms with Crippen LogP contribution in [0.25, 0.3) is 11.3 Å². The first-order valence-electron chi connectivity index (χ1n) is 5.59. The van der Waals surface area contributed by atoms with Crippen LogP contribution in [0.5, 0.6) is 5.75 Å². The second-order valence-electron chi connectivity index (χ2n) is 4.23. The lowest BCUT2D eigenvalue weighted by molar-refractivity contribution is 0.411. The molecule has 1 aromatic heterocycles. The van der Waals surface area contributed by atoms with E-state index in [9.17, 15) is 0 Å². The Balaban J connectivity index is 2.69. The van der Waals surface area contributed by atoms with Gasteiger partial charge in [0.2, 0.25) is 5.95 Å². The molecule has 96 valence electrons. The van der Waals surface area contributed by atoms with E-state index in [4.69, 9.17) is 10.5 Å². The van der Waals surface area contributed by atoms with Gasteiger partial charge in [-0.25, -0.2) is 4.98 Å². The Morgan fingerprint density at radius 1 is 1.28 bits per heavy atom. The Kier molecular flexibility index (Phi) is 3.34. The Labute approximate surface area is 115 Å². The molecule has 18 heavy (non-hydrogen) atoms. The number of rotatable bonds is 2. The molecule has 1 aromatic carbocycles. The summed E-state index contributed by atoms with van der Waals surface area (Å²) in [6.45, 7) is 4.12. The standard InChI is InChI=1S/C13H16BrN3O/c1-7-8(2)10(18-4)6-5-9(7)11-12(14)16-13(15)17(11)3/h5-6H,1-4H3,(H2,15,16). The number of hydrogen-bond donors (Lipinski definition) is 1. The van der Waals surface area contributed by atoms with Gasteiger partial charge in [0, 0.05) is 12.6 Å². The zero-order valence-corrected chi connectivity index (χ0v) is 12.5. The molecule has 0 radical (unpaired) electrons. The van der Waals surface area contributed by atoms with Crippen LogP contribution in [0, 0.1) is 13.8 Å². The van der Waals surface area contributed by atoms with Crippen molar-refractivity contribution in [2.75, 3.05) is 12.8 Å². The molecule has 0 unspecified atom stereocenters. The van der Waals surface area contributed by atoms with E-state index >= 15 is 0 Å². The van der Waals surface area contributed by atoms with Crippen LogP contribution >= 0.6 is 15.9 Å². The zero-order chi connectivity index (χ0) is 13.4. The number of benzene rings is 1. The van der Waals surface area contributed by atoms with Gasteiger partial charge in [0.15, 0.2) is 0 Å². The van der Waals surface area contributed by atoms with Crippen molar-refractivity contribution in [2.24, 2.45) is 7.05 Å². The van der Waals surface area contributed by atoms with Gasteiger partial charge in [0.05, 0.1) is 12.8 Å². The third-order valence-electron chi connectivity index (χ3n) is 3.30. The van der Waals surface area contributed by atoms with Crippen molar-refractivity contribution in [3.05, 3.63) is 27.9 Å². The van der Waals surface area contributed by atoms with Crippen molar-refractivity contribution in [3.63, 3.8) is 0 Å². The van der Waals surface area contributed by atoms with Crippen molar-refractivity contribution >= 4 is 21.9 Å². The average molecular weight is 310 g/mol. The van der Waals surface area contributed by atoms with Crippen molar-refractivity contribution in [1.29, 1.82) is 0 Å². The molecule has 0 bridgehead atoms. The summed E-state index contributed by atoms with van der Waals surface area (Å²) < 4.78 is 7.96. The normalized spacial score (nSPS) is 10.7. The molecule has 0 fully saturated rings. The van der Waals surface area contributed by atoms with Crippen LogP contribution in [0.15, 0.2) is 16.7 Å². The molecule has 0 spiro atoms. The molecule has 4 nitrogen and oxygen atoms in total. The number of anilines is 1. The lowest BCUT2D eigenvalue weighted by Gasteiger charge is -2.13. The fourth-order valence-corrected chi connectivity index (χ4v) is 2.71. The molecule has 2 N–H and O–H groups in total. The number of nitrogen functional groups attached to an aromatic ring is 1. The molecule has 5 heteroatoms. The summed E-state index contributed by atoms with van der Waals surface area (Å²) in [6, 6.07) is 4.00. The van der Waals surface area contributed by atoms with Gasteiger partial charge in [-0.1, -0.05) is 0 Å². The molecule has 0 aliphatic heterocycles. The molecule has 2 aromatic rings. The highest BCUT2D eigenvalue weighted by atomic mass is 79.9. The third-order valence-corrected chi connectivity index (χ3v) is 3.85. The number of ether oxygens (including phenoxy) is 1. The highest BCUT2D eigenvalue weighted by molar-refractivity contribution is 9.10. The molecule has 0 saturated heterocycles. The minimum absolute atomic E-state index is 0.491. The average Bonchev–Trinajstić information content (AvgIpc) is 2.58. The Morgan fingerprint density at radius 3 is 2.44 bits per heavy atom. The van der Waals surface area contributed by atoms with Gasteiger partial charge in [-0.2, -0.15) is 0 Å². The number of nitrogens with two attached hydrogens (primary N) is 1. The van der Waals surface area contributed by atoms with Crippen LogP contribution in [0.3, 0.4) is 0 Å². The molecule has 0 atom stereocenters. The second kappa shape index (κ2) is 4.65. The molecular weight excluding hydrogens is 294 g/mol. The highest BCUT2D eigenvalue weighted by Gasteiger charge is 2.16. The summed E-state index contributed by atoms with van der Waals surface area (Å²) in [7, 11) is 3.58. The number of aromatic nitrogens is 2. The topological polar surface area (TPSA) is 53.1 Å². The maximum Gasteiger partial charge on any atom is 0.201 e. The number of methoxy groups -OCH3 is 1. The first-order chi connectivity index (χ1) is 8.47. The third kappa shape index (κ3) is 1.88. The van der Waals surface area contributed by atoms with Crippen LogP contribution in [-0.2, 0) is 7.05 Å². The van der Waals surface area contributed by atoms with E-state index in [-0.39, 0.29) is 0 Å². The fourth-order valence-electron chi connectivity index (χ4n) is 2.05. The minimum atomic E-state index is 0.491. The molecule has 0 saturated carbocycles. The first kappa shape index (κ1) is 13.0. The Bertz CT molecular complexity index is 605. The predicted molar refractivity (Wildman–Crippen MR) is 76.8 cm³/mol. The van der Waals surface area contributed by atoms with E-state index in [0.717, 1.165) is 32.7 Å². The van der Waals surface area contributed by atoms with E-state index in [1.54, 1.807) is 7.11 Å². The van der Waals surface area contributed by atoms with Gasteiger partial charge in [-0.15, -0.1) is 0 Å². The first-order valence-corrected chi connectivity index (χ1v) is 6.39. The summed E-state index contributed by atoms with van der Waals surface area (Å²) in [4.78, 5) is 4.23. The van der Waals surface area contributed by atoms with Gasteiger partial charge < -0.3 is 15.0 Å². The van der Waals surface area contributed by atoms with Crippen LogP contribution < -0.4 is 10.5 Å². The van der Waals surface area contributed by atoms with Crippen molar-refractivity contribution in [3.8, 4) is 17.0 Å². The smallest absolute Gasteiger partial charge is 0.201 e. The molecule has 0 amide bonds. The Hall–Kier alpha value is -1.49. The Morgan fingerprint density at radius 2 is 1.94 bits per heavy atom. The number of nitrogens with zero attached hydrogens (tertiary/aromatic N) is 2. The van der Waals surface area contributed by atoms with Crippen molar-refractivity contribution in [2.45, 2.75) is 13.8 Å². The van der Waals surface area contributed by atoms with E-state index in [1.807, 2.05) is 30.7 Å². The van der Waals surface area contributed by atoms with Crippen LogP contribution in [0.1, 0.15) is 11.1 Å². The summed E-state index contributed by atoms with van der Waals surface area (Å²) in [5.41, 5.74) is 10.2. The molecular formula is C13H16BrN3O. The summed E-state index contributed by atoms with van der Waals surface area (Å²) in [6.07, 6.45) is 0. The van der Waals surface area contributed by atoms with E-state index in [1.165, 1.54) is 0 Å². The summed E-state index contributed by atoms with van der Waals surface area (Å²) >= 11 is 3.46.